The monoisotopic (exact) mass is 284 g/mol. The fraction of sp³-hybridized carbons (Fsp3) is 0.176. The Morgan fingerprint density at radius 1 is 1.10 bits per heavy atom. The molecule has 3 aromatic rings. The van der Waals surface area contributed by atoms with Gasteiger partial charge in [-0.25, -0.2) is 0 Å². The first kappa shape index (κ1) is 13.2. The average molecular weight is 285 g/mol. The van der Waals surface area contributed by atoms with Crippen molar-refractivity contribution in [1.29, 1.82) is 0 Å². The van der Waals surface area contributed by atoms with Gasteiger partial charge in [0.1, 0.15) is 0 Å². The van der Waals surface area contributed by atoms with Gasteiger partial charge in [0.2, 0.25) is 0 Å². The molecule has 0 saturated heterocycles. The lowest BCUT2D eigenvalue weighted by atomic mass is 10.1. The van der Waals surface area contributed by atoms with Gasteiger partial charge < -0.3 is 10.3 Å². The fourth-order valence-corrected chi connectivity index (χ4v) is 3.07. The number of hydrogen-bond acceptors (Lipinski definition) is 1. The zero-order chi connectivity index (χ0) is 14.1. The molecule has 0 spiro atoms. The number of hydrogen-bond donors (Lipinski definition) is 1. The summed E-state index contributed by atoms with van der Waals surface area (Å²) < 4.78 is 2.31. The molecule has 2 N–H and O–H groups in total. The van der Waals surface area contributed by atoms with Gasteiger partial charge in [-0.3, -0.25) is 0 Å². The van der Waals surface area contributed by atoms with Gasteiger partial charge in [0.25, 0.3) is 0 Å². The summed E-state index contributed by atoms with van der Waals surface area (Å²) >= 11 is 6.14. The minimum atomic E-state index is 0.523. The van der Waals surface area contributed by atoms with E-state index in [1.165, 1.54) is 22.2 Å². The van der Waals surface area contributed by atoms with E-state index in [0.29, 0.717) is 6.54 Å². The molecule has 0 radical (unpaired) electrons. The highest BCUT2D eigenvalue weighted by Crippen LogP contribution is 2.34. The van der Waals surface area contributed by atoms with E-state index in [-0.39, 0.29) is 0 Å². The number of nitrogens with two attached hydrogens (primary N) is 1. The number of halogens is 1. The summed E-state index contributed by atoms with van der Waals surface area (Å²) in [4.78, 5) is 0. The Labute approximate surface area is 123 Å². The first-order valence-corrected chi connectivity index (χ1v) is 7.20. The number of nitrogens with zero attached hydrogens (tertiary/aromatic N) is 1. The Kier molecular flexibility index (Phi) is 3.51. The number of rotatable bonds is 3. The summed E-state index contributed by atoms with van der Waals surface area (Å²) in [5, 5.41) is 1.98. The molecule has 1 heterocycles. The zero-order valence-electron chi connectivity index (χ0n) is 11.4. The number of fused-ring (bicyclic) bond motifs is 1. The van der Waals surface area contributed by atoms with Gasteiger partial charge in [0.05, 0.1) is 5.69 Å². The van der Waals surface area contributed by atoms with Crippen molar-refractivity contribution in [2.24, 2.45) is 5.73 Å². The summed E-state index contributed by atoms with van der Waals surface area (Å²) in [6, 6.07) is 16.4. The highest BCUT2D eigenvalue weighted by atomic mass is 35.5. The molecule has 0 aliphatic rings. The molecule has 3 heteroatoms. The lowest BCUT2D eigenvalue weighted by Crippen LogP contribution is -2.01. The van der Waals surface area contributed by atoms with E-state index in [1.807, 2.05) is 18.2 Å². The number of benzene rings is 2. The van der Waals surface area contributed by atoms with E-state index in [1.54, 1.807) is 0 Å². The van der Waals surface area contributed by atoms with Crippen LogP contribution in [-0.2, 0) is 13.1 Å². The second-order valence-electron chi connectivity index (χ2n) is 4.80. The van der Waals surface area contributed by atoms with E-state index in [4.69, 9.17) is 17.3 Å². The maximum Gasteiger partial charge on any atom is 0.0537 e. The van der Waals surface area contributed by atoms with E-state index < -0.39 is 0 Å². The number of para-hydroxylation sites is 1. The molecule has 0 fully saturated rings. The molecule has 0 saturated carbocycles. The van der Waals surface area contributed by atoms with Crippen molar-refractivity contribution in [3.63, 3.8) is 0 Å². The summed E-state index contributed by atoms with van der Waals surface area (Å²) in [5.74, 6) is 0. The van der Waals surface area contributed by atoms with Crippen LogP contribution in [0.25, 0.3) is 22.2 Å². The van der Waals surface area contributed by atoms with Crippen LogP contribution >= 0.6 is 11.6 Å². The van der Waals surface area contributed by atoms with Crippen LogP contribution in [0.1, 0.15) is 12.5 Å². The molecule has 0 atom stereocenters. The maximum atomic E-state index is 6.14. The molecule has 1 aromatic heterocycles. The molecular weight excluding hydrogens is 268 g/mol. The molecule has 102 valence electrons. The van der Waals surface area contributed by atoms with Crippen LogP contribution in [0.4, 0.5) is 0 Å². The molecule has 3 rings (SSSR count). The second-order valence-corrected chi connectivity index (χ2v) is 5.24. The maximum absolute atomic E-state index is 6.14. The smallest absolute Gasteiger partial charge is 0.0537 e. The van der Waals surface area contributed by atoms with Crippen molar-refractivity contribution in [3.8, 4) is 11.3 Å². The van der Waals surface area contributed by atoms with Gasteiger partial charge in [0, 0.05) is 29.0 Å². The first-order valence-electron chi connectivity index (χ1n) is 6.82. The van der Waals surface area contributed by atoms with Crippen molar-refractivity contribution in [2.45, 2.75) is 20.0 Å². The molecule has 2 nitrogen and oxygen atoms in total. The quantitative estimate of drug-likeness (QED) is 0.757. The Morgan fingerprint density at radius 2 is 1.90 bits per heavy atom. The van der Waals surface area contributed by atoms with E-state index >= 15 is 0 Å². The van der Waals surface area contributed by atoms with Crippen LogP contribution in [0.5, 0.6) is 0 Å². The van der Waals surface area contributed by atoms with Crippen molar-refractivity contribution in [2.75, 3.05) is 0 Å². The van der Waals surface area contributed by atoms with Gasteiger partial charge in [-0.15, -0.1) is 0 Å². The largest absolute Gasteiger partial charge is 0.340 e. The van der Waals surface area contributed by atoms with Crippen LogP contribution < -0.4 is 5.73 Å². The third-order valence-electron chi connectivity index (χ3n) is 3.69. The molecule has 0 bridgehead atoms. The van der Waals surface area contributed by atoms with Gasteiger partial charge in [-0.1, -0.05) is 41.9 Å². The average Bonchev–Trinajstić information content (AvgIpc) is 2.80. The topological polar surface area (TPSA) is 30.9 Å². The summed E-state index contributed by atoms with van der Waals surface area (Å²) in [6.07, 6.45) is 0. The van der Waals surface area contributed by atoms with E-state index in [0.717, 1.165) is 17.1 Å². The van der Waals surface area contributed by atoms with Crippen LogP contribution in [0.3, 0.4) is 0 Å². The third-order valence-corrected chi connectivity index (χ3v) is 3.93. The lowest BCUT2D eigenvalue weighted by Gasteiger charge is -2.10. The summed E-state index contributed by atoms with van der Waals surface area (Å²) in [5.41, 5.74) is 10.7. The van der Waals surface area contributed by atoms with Gasteiger partial charge in [-0.05, 0) is 36.2 Å². The minimum Gasteiger partial charge on any atom is -0.340 e. The predicted molar refractivity (Wildman–Crippen MR) is 85.9 cm³/mol. The third kappa shape index (κ3) is 2.01. The standard InChI is InChI=1S/C17H17ClN2/c1-2-20-16-9-4-3-8-14(16)15(11-19)17(20)12-6-5-7-13(18)10-12/h3-10H,2,11,19H2,1H3. The number of aryl methyl sites for hydroxylation is 1. The van der Waals surface area contributed by atoms with Crippen molar-refractivity contribution in [1.82, 2.24) is 4.57 Å². The van der Waals surface area contributed by atoms with Crippen LogP contribution in [0.15, 0.2) is 48.5 Å². The highest BCUT2D eigenvalue weighted by Gasteiger charge is 2.16. The molecule has 2 aromatic carbocycles. The fourth-order valence-electron chi connectivity index (χ4n) is 2.88. The van der Waals surface area contributed by atoms with Crippen molar-refractivity contribution in [3.05, 3.63) is 59.1 Å². The van der Waals surface area contributed by atoms with E-state index in [2.05, 4.69) is 41.8 Å². The van der Waals surface area contributed by atoms with Gasteiger partial charge >= 0.3 is 0 Å². The Morgan fingerprint density at radius 3 is 2.60 bits per heavy atom. The Hall–Kier alpha value is -1.77. The minimum absolute atomic E-state index is 0.523. The Bertz CT molecular complexity index is 718. The first-order chi connectivity index (χ1) is 9.76. The molecule has 0 aliphatic heterocycles. The van der Waals surface area contributed by atoms with Crippen molar-refractivity contribution >= 4 is 22.5 Å². The molecule has 20 heavy (non-hydrogen) atoms. The normalized spacial score (nSPS) is 11.2. The molecule has 0 unspecified atom stereocenters. The SMILES string of the molecule is CCn1c(-c2cccc(Cl)c2)c(CN)c2ccccc21. The van der Waals surface area contributed by atoms with Gasteiger partial charge in [-0.2, -0.15) is 0 Å². The lowest BCUT2D eigenvalue weighted by molar-refractivity contribution is 0.800. The molecule has 0 amide bonds. The van der Waals surface area contributed by atoms with E-state index in [9.17, 15) is 0 Å². The van der Waals surface area contributed by atoms with Crippen LogP contribution in [0.2, 0.25) is 5.02 Å². The zero-order valence-corrected chi connectivity index (χ0v) is 12.2. The number of aromatic nitrogens is 1. The predicted octanol–water partition coefficient (Wildman–Crippen LogP) is 4.44. The Balaban J connectivity index is 2.39. The second kappa shape index (κ2) is 5.31. The molecule has 0 aliphatic carbocycles. The van der Waals surface area contributed by atoms with Gasteiger partial charge in [0.15, 0.2) is 0 Å². The van der Waals surface area contributed by atoms with Crippen molar-refractivity contribution < 1.29 is 0 Å². The van der Waals surface area contributed by atoms with Crippen LogP contribution in [0, 0.1) is 0 Å². The highest BCUT2D eigenvalue weighted by molar-refractivity contribution is 6.30. The summed E-state index contributed by atoms with van der Waals surface area (Å²) in [6.45, 7) is 3.58. The van der Waals surface area contributed by atoms with Crippen LogP contribution in [-0.4, -0.2) is 4.57 Å². The summed E-state index contributed by atoms with van der Waals surface area (Å²) in [7, 11) is 0. The molecular formula is C17H17ClN2.